The number of benzene rings is 1. The summed E-state index contributed by atoms with van der Waals surface area (Å²) in [4.78, 5) is 15.8. The zero-order chi connectivity index (χ0) is 13.7. The summed E-state index contributed by atoms with van der Waals surface area (Å²) in [6.45, 7) is 2.77. The fraction of sp³-hybridized carbons (Fsp3) is 0.308. The molecule has 1 aromatic carbocycles. The highest BCUT2D eigenvalue weighted by Crippen LogP contribution is 2.12. The van der Waals surface area contributed by atoms with Gasteiger partial charge in [0.2, 0.25) is 0 Å². The Kier molecular flexibility index (Phi) is 4.12. The van der Waals surface area contributed by atoms with Crippen molar-refractivity contribution < 1.29 is 9.53 Å². The Morgan fingerprint density at radius 3 is 2.95 bits per heavy atom. The molecule has 0 atom stereocenters. The first-order valence-electron chi connectivity index (χ1n) is 6.06. The molecule has 19 heavy (non-hydrogen) atoms. The fourth-order valence-corrected chi connectivity index (χ4v) is 1.71. The van der Waals surface area contributed by atoms with Crippen LogP contribution in [0.25, 0.3) is 0 Å². The topological polar surface area (TPSA) is 83.0 Å². The van der Waals surface area contributed by atoms with E-state index in [0.29, 0.717) is 18.1 Å². The van der Waals surface area contributed by atoms with Crippen LogP contribution in [-0.2, 0) is 29.1 Å². The molecule has 0 amide bonds. The van der Waals surface area contributed by atoms with Crippen molar-refractivity contribution in [3.63, 3.8) is 0 Å². The van der Waals surface area contributed by atoms with Crippen molar-refractivity contribution in [1.29, 1.82) is 0 Å². The second-order valence-electron chi connectivity index (χ2n) is 4.03. The molecule has 0 saturated carbocycles. The average Bonchev–Trinajstić information content (AvgIpc) is 2.86. The van der Waals surface area contributed by atoms with Crippen LogP contribution < -0.4 is 5.73 Å². The maximum Gasteiger partial charge on any atom is 0.310 e. The first-order valence-corrected chi connectivity index (χ1v) is 6.06. The van der Waals surface area contributed by atoms with E-state index in [1.807, 2.05) is 25.1 Å². The molecule has 2 rings (SSSR count). The lowest BCUT2D eigenvalue weighted by atomic mass is 10.1. The standard InChI is InChI=1S/C13H16N4O2/c1-2-17-12(15-9-16-17)8-19-13(18)7-10-5-3-4-6-11(10)14/h3-6,9H,2,7-8,14H2,1H3. The van der Waals surface area contributed by atoms with Gasteiger partial charge >= 0.3 is 5.97 Å². The Morgan fingerprint density at radius 1 is 1.42 bits per heavy atom. The van der Waals surface area contributed by atoms with Crippen LogP contribution in [0.1, 0.15) is 18.3 Å². The summed E-state index contributed by atoms with van der Waals surface area (Å²) in [7, 11) is 0. The monoisotopic (exact) mass is 260 g/mol. The summed E-state index contributed by atoms with van der Waals surface area (Å²) in [6, 6.07) is 7.24. The van der Waals surface area contributed by atoms with Crippen LogP contribution in [-0.4, -0.2) is 20.7 Å². The van der Waals surface area contributed by atoms with Crippen molar-refractivity contribution in [2.45, 2.75) is 26.5 Å². The zero-order valence-electron chi connectivity index (χ0n) is 10.7. The van der Waals surface area contributed by atoms with E-state index < -0.39 is 0 Å². The van der Waals surface area contributed by atoms with Crippen LogP contribution in [0.4, 0.5) is 5.69 Å². The smallest absolute Gasteiger partial charge is 0.310 e. The SMILES string of the molecule is CCn1ncnc1COC(=O)Cc1ccccc1N. The summed E-state index contributed by atoms with van der Waals surface area (Å²) in [5.74, 6) is 0.306. The van der Waals surface area contributed by atoms with Crippen LogP contribution in [0.5, 0.6) is 0 Å². The second-order valence-corrected chi connectivity index (χ2v) is 4.03. The molecule has 6 nitrogen and oxygen atoms in total. The summed E-state index contributed by atoms with van der Waals surface area (Å²) in [5, 5.41) is 4.00. The van der Waals surface area contributed by atoms with Crippen LogP contribution >= 0.6 is 0 Å². The maximum atomic E-state index is 11.7. The molecule has 0 saturated heterocycles. The first-order chi connectivity index (χ1) is 9.20. The van der Waals surface area contributed by atoms with E-state index in [1.54, 1.807) is 10.7 Å². The number of nitrogens with zero attached hydrogens (tertiary/aromatic N) is 3. The highest BCUT2D eigenvalue weighted by atomic mass is 16.5. The minimum Gasteiger partial charge on any atom is -0.457 e. The quantitative estimate of drug-likeness (QED) is 0.644. The van der Waals surface area contributed by atoms with E-state index in [9.17, 15) is 4.79 Å². The molecule has 1 aromatic heterocycles. The van der Waals surface area contributed by atoms with Gasteiger partial charge in [0.05, 0.1) is 6.42 Å². The number of rotatable bonds is 5. The molecule has 0 aliphatic heterocycles. The maximum absolute atomic E-state index is 11.7. The molecular weight excluding hydrogens is 244 g/mol. The summed E-state index contributed by atoms with van der Waals surface area (Å²) < 4.78 is 6.85. The van der Waals surface area contributed by atoms with Crippen molar-refractivity contribution in [2.75, 3.05) is 5.73 Å². The van der Waals surface area contributed by atoms with Gasteiger partial charge in [-0.3, -0.25) is 4.79 Å². The number of esters is 1. The largest absolute Gasteiger partial charge is 0.457 e. The third-order valence-electron chi connectivity index (χ3n) is 2.75. The average molecular weight is 260 g/mol. The number of aryl methyl sites for hydroxylation is 1. The number of ether oxygens (including phenoxy) is 1. The molecule has 0 radical (unpaired) electrons. The minimum atomic E-state index is -0.330. The van der Waals surface area contributed by atoms with Gasteiger partial charge in [-0.05, 0) is 18.6 Å². The Morgan fingerprint density at radius 2 is 2.21 bits per heavy atom. The lowest BCUT2D eigenvalue weighted by molar-refractivity contribution is -0.144. The molecule has 0 aliphatic rings. The van der Waals surface area contributed by atoms with Crippen LogP contribution in [0.3, 0.4) is 0 Å². The van der Waals surface area contributed by atoms with Gasteiger partial charge in [0, 0.05) is 12.2 Å². The number of hydrogen-bond acceptors (Lipinski definition) is 5. The number of hydrogen-bond donors (Lipinski definition) is 1. The number of nitrogen functional groups attached to an aromatic ring is 1. The predicted molar refractivity (Wildman–Crippen MR) is 70.1 cm³/mol. The first kappa shape index (κ1) is 13.1. The van der Waals surface area contributed by atoms with Gasteiger partial charge in [-0.2, -0.15) is 5.10 Å². The van der Waals surface area contributed by atoms with Crippen molar-refractivity contribution in [1.82, 2.24) is 14.8 Å². The molecule has 0 fully saturated rings. The molecule has 0 spiro atoms. The summed E-state index contributed by atoms with van der Waals surface area (Å²) in [6.07, 6.45) is 1.61. The lowest BCUT2D eigenvalue weighted by Gasteiger charge is -2.07. The van der Waals surface area contributed by atoms with Gasteiger partial charge in [-0.15, -0.1) is 0 Å². The van der Waals surface area contributed by atoms with Crippen molar-refractivity contribution in [3.8, 4) is 0 Å². The normalized spacial score (nSPS) is 10.4. The van der Waals surface area contributed by atoms with Crippen LogP contribution in [0.15, 0.2) is 30.6 Å². The van der Waals surface area contributed by atoms with E-state index in [-0.39, 0.29) is 19.0 Å². The summed E-state index contributed by atoms with van der Waals surface area (Å²) in [5.41, 5.74) is 7.13. The number of carbonyl (C=O) groups excluding carboxylic acids is 1. The minimum absolute atomic E-state index is 0.124. The number of carbonyl (C=O) groups is 1. The van der Waals surface area contributed by atoms with E-state index >= 15 is 0 Å². The molecule has 2 N–H and O–H groups in total. The van der Waals surface area contributed by atoms with Gasteiger partial charge in [0.1, 0.15) is 6.33 Å². The molecule has 0 bridgehead atoms. The highest BCUT2D eigenvalue weighted by molar-refractivity contribution is 5.74. The Bertz CT molecular complexity index is 565. The lowest BCUT2D eigenvalue weighted by Crippen LogP contribution is -2.12. The predicted octanol–water partition coefficient (Wildman–Crippen LogP) is 1.17. The number of aromatic nitrogens is 3. The van der Waals surface area contributed by atoms with Gasteiger partial charge in [0.25, 0.3) is 0 Å². The molecule has 2 aromatic rings. The number of nitrogens with two attached hydrogens (primary N) is 1. The van der Waals surface area contributed by atoms with E-state index in [2.05, 4.69) is 10.1 Å². The third-order valence-corrected chi connectivity index (χ3v) is 2.75. The van der Waals surface area contributed by atoms with Crippen molar-refractivity contribution in [2.24, 2.45) is 0 Å². The van der Waals surface area contributed by atoms with Crippen LogP contribution in [0.2, 0.25) is 0 Å². The Labute approximate surface area is 111 Å². The van der Waals surface area contributed by atoms with E-state index in [0.717, 1.165) is 5.56 Å². The van der Waals surface area contributed by atoms with Crippen LogP contribution in [0, 0.1) is 0 Å². The molecular formula is C13H16N4O2. The van der Waals surface area contributed by atoms with Gasteiger partial charge in [-0.25, -0.2) is 9.67 Å². The second kappa shape index (κ2) is 5.99. The third kappa shape index (κ3) is 3.31. The van der Waals surface area contributed by atoms with E-state index in [1.165, 1.54) is 6.33 Å². The van der Waals surface area contributed by atoms with Crippen molar-refractivity contribution >= 4 is 11.7 Å². The molecule has 6 heteroatoms. The van der Waals surface area contributed by atoms with Crippen molar-refractivity contribution in [3.05, 3.63) is 42.0 Å². The van der Waals surface area contributed by atoms with Gasteiger partial charge in [-0.1, -0.05) is 18.2 Å². The van der Waals surface area contributed by atoms with Gasteiger partial charge < -0.3 is 10.5 Å². The Hall–Kier alpha value is -2.37. The van der Waals surface area contributed by atoms with E-state index in [4.69, 9.17) is 10.5 Å². The Balaban J connectivity index is 1.90. The van der Waals surface area contributed by atoms with Gasteiger partial charge in [0.15, 0.2) is 12.4 Å². The fourth-order valence-electron chi connectivity index (χ4n) is 1.71. The summed E-state index contributed by atoms with van der Waals surface area (Å²) >= 11 is 0. The molecule has 0 aliphatic carbocycles. The molecule has 100 valence electrons. The zero-order valence-corrected chi connectivity index (χ0v) is 10.7. The highest BCUT2D eigenvalue weighted by Gasteiger charge is 2.10. The number of para-hydroxylation sites is 1. The molecule has 0 unspecified atom stereocenters. The number of anilines is 1. The molecule has 1 heterocycles.